The molecule has 20 heavy (non-hydrogen) atoms. The molecule has 1 aromatic carbocycles. The van der Waals surface area contributed by atoms with E-state index in [0.29, 0.717) is 23.9 Å². The summed E-state index contributed by atoms with van der Waals surface area (Å²) < 4.78 is 13.4. The van der Waals surface area contributed by atoms with E-state index in [9.17, 15) is 9.18 Å². The van der Waals surface area contributed by atoms with Gasteiger partial charge in [-0.15, -0.1) is 0 Å². The monoisotopic (exact) mass is 293 g/mol. The zero-order valence-corrected chi connectivity index (χ0v) is 12.0. The van der Waals surface area contributed by atoms with Crippen LogP contribution in [0.25, 0.3) is 0 Å². The standard InChI is InChI=1S/C15H16FNO2S/c1-11-10-17(6-8-20-11)15(19)14-9-13(16)5-4-12(14)3-2-7-18/h4-5,9,11,18H,6-8,10H2,1H3. The van der Waals surface area contributed by atoms with Crippen LogP contribution in [0, 0.1) is 17.7 Å². The summed E-state index contributed by atoms with van der Waals surface area (Å²) in [5.41, 5.74) is 0.723. The van der Waals surface area contributed by atoms with Gasteiger partial charge < -0.3 is 10.0 Å². The molecule has 1 aliphatic rings. The number of thioether (sulfide) groups is 1. The molecular weight excluding hydrogens is 277 g/mol. The zero-order valence-electron chi connectivity index (χ0n) is 11.2. The van der Waals surface area contributed by atoms with Crippen LogP contribution in [0.4, 0.5) is 4.39 Å². The summed E-state index contributed by atoms with van der Waals surface area (Å²) in [5.74, 6) is 5.44. The second-order valence-electron chi connectivity index (χ2n) is 4.58. The van der Waals surface area contributed by atoms with Crippen LogP contribution >= 0.6 is 11.8 Å². The third-order valence-corrected chi connectivity index (χ3v) is 4.18. The molecule has 1 aromatic rings. The molecule has 1 atom stereocenters. The predicted octanol–water partition coefficient (Wildman–Crippen LogP) is 1.75. The van der Waals surface area contributed by atoms with E-state index in [2.05, 4.69) is 18.8 Å². The lowest BCUT2D eigenvalue weighted by atomic mass is 10.1. The first kappa shape index (κ1) is 14.9. The lowest BCUT2D eigenvalue weighted by Gasteiger charge is -2.30. The molecule has 0 spiro atoms. The SMILES string of the molecule is CC1CN(C(=O)c2cc(F)ccc2C#CCO)CCS1. The van der Waals surface area contributed by atoms with E-state index in [1.807, 2.05) is 11.8 Å². The average Bonchev–Trinajstić information content (AvgIpc) is 2.45. The maximum atomic E-state index is 13.4. The lowest BCUT2D eigenvalue weighted by molar-refractivity contribution is 0.0762. The van der Waals surface area contributed by atoms with Gasteiger partial charge in [-0.2, -0.15) is 11.8 Å². The highest BCUT2D eigenvalue weighted by Crippen LogP contribution is 2.21. The second kappa shape index (κ2) is 6.78. The number of halogens is 1. The molecule has 1 saturated heterocycles. The van der Waals surface area contributed by atoms with Gasteiger partial charge in [-0.25, -0.2) is 4.39 Å². The average molecular weight is 293 g/mol. The first-order chi connectivity index (χ1) is 9.61. The minimum Gasteiger partial charge on any atom is -0.384 e. The van der Waals surface area contributed by atoms with Gasteiger partial charge >= 0.3 is 0 Å². The Morgan fingerprint density at radius 2 is 2.40 bits per heavy atom. The summed E-state index contributed by atoms with van der Waals surface area (Å²) in [7, 11) is 0. The molecule has 1 aliphatic heterocycles. The topological polar surface area (TPSA) is 40.5 Å². The molecule has 0 saturated carbocycles. The van der Waals surface area contributed by atoms with E-state index < -0.39 is 5.82 Å². The number of carbonyl (C=O) groups excluding carboxylic acids is 1. The summed E-state index contributed by atoms with van der Waals surface area (Å²) in [6, 6.07) is 3.97. The number of hydrogen-bond acceptors (Lipinski definition) is 3. The Kier molecular flexibility index (Phi) is 5.05. The number of amides is 1. The maximum absolute atomic E-state index is 13.4. The van der Waals surface area contributed by atoms with Gasteiger partial charge in [-0.1, -0.05) is 18.8 Å². The van der Waals surface area contributed by atoms with E-state index in [1.165, 1.54) is 18.2 Å². The summed E-state index contributed by atoms with van der Waals surface area (Å²) in [6.45, 7) is 3.11. The molecule has 1 amide bonds. The normalized spacial score (nSPS) is 18.4. The van der Waals surface area contributed by atoms with Crippen molar-refractivity contribution in [3.63, 3.8) is 0 Å². The van der Waals surface area contributed by atoms with Crippen LogP contribution in [0.3, 0.4) is 0 Å². The molecule has 0 aliphatic carbocycles. The van der Waals surface area contributed by atoms with Gasteiger partial charge in [0, 0.05) is 29.7 Å². The number of benzene rings is 1. The van der Waals surface area contributed by atoms with Crippen LogP contribution in [0.1, 0.15) is 22.8 Å². The summed E-state index contributed by atoms with van der Waals surface area (Å²) in [4.78, 5) is 14.2. The summed E-state index contributed by atoms with van der Waals surface area (Å²) in [5, 5.41) is 9.13. The Hall–Kier alpha value is -1.51. The van der Waals surface area contributed by atoms with Crippen molar-refractivity contribution in [2.45, 2.75) is 12.2 Å². The van der Waals surface area contributed by atoms with Crippen molar-refractivity contribution in [2.24, 2.45) is 0 Å². The van der Waals surface area contributed by atoms with E-state index in [0.717, 1.165) is 5.75 Å². The first-order valence-corrected chi connectivity index (χ1v) is 7.47. The third-order valence-electron chi connectivity index (χ3n) is 3.04. The molecule has 1 fully saturated rings. The van der Waals surface area contributed by atoms with Gasteiger partial charge in [0.25, 0.3) is 5.91 Å². The van der Waals surface area contributed by atoms with E-state index in [-0.39, 0.29) is 18.1 Å². The summed E-state index contributed by atoms with van der Waals surface area (Å²) in [6.07, 6.45) is 0. The number of hydrogen-bond donors (Lipinski definition) is 1. The Bertz CT molecular complexity index is 565. The number of aliphatic hydroxyl groups is 1. The largest absolute Gasteiger partial charge is 0.384 e. The van der Waals surface area contributed by atoms with Crippen molar-refractivity contribution >= 4 is 17.7 Å². The molecule has 2 rings (SSSR count). The van der Waals surface area contributed by atoms with Crippen molar-refractivity contribution in [3.05, 3.63) is 35.1 Å². The molecule has 1 unspecified atom stereocenters. The van der Waals surface area contributed by atoms with Gasteiger partial charge in [-0.05, 0) is 18.2 Å². The Morgan fingerprint density at radius 1 is 1.60 bits per heavy atom. The fraction of sp³-hybridized carbons (Fsp3) is 0.400. The van der Waals surface area contributed by atoms with Crippen LogP contribution in [-0.4, -0.2) is 46.6 Å². The second-order valence-corrected chi connectivity index (χ2v) is 6.13. The smallest absolute Gasteiger partial charge is 0.255 e. The highest BCUT2D eigenvalue weighted by molar-refractivity contribution is 7.99. The molecule has 1 heterocycles. The number of nitrogens with zero attached hydrogens (tertiary/aromatic N) is 1. The fourth-order valence-corrected chi connectivity index (χ4v) is 3.12. The Labute approximate surface area is 122 Å². The van der Waals surface area contributed by atoms with Crippen LogP contribution in [-0.2, 0) is 0 Å². The number of carbonyl (C=O) groups is 1. The quantitative estimate of drug-likeness (QED) is 0.802. The molecule has 0 bridgehead atoms. The zero-order chi connectivity index (χ0) is 14.5. The molecular formula is C15H16FNO2S. The molecule has 3 nitrogen and oxygen atoms in total. The van der Waals surface area contributed by atoms with Crippen molar-refractivity contribution < 1.29 is 14.3 Å². The molecule has 1 N–H and O–H groups in total. The number of rotatable bonds is 1. The van der Waals surface area contributed by atoms with Gasteiger partial charge in [0.1, 0.15) is 12.4 Å². The van der Waals surface area contributed by atoms with Crippen LogP contribution in [0.5, 0.6) is 0 Å². The summed E-state index contributed by atoms with van der Waals surface area (Å²) >= 11 is 1.83. The highest BCUT2D eigenvalue weighted by atomic mass is 32.2. The third kappa shape index (κ3) is 3.53. The van der Waals surface area contributed by atoms with Crippen LogP contribution in [0.15, 0.2) is 18.2 Å². The molecule has 5 heteroatoms. The van der Waals surface area contributed by atoms with E-state index >= 15 is 0 Å². The first-order valence-electron chi connectivity index (χ1n) is 6.42. The van der Waals surface area contributed by atoms with Gasteiger partial charge in [0.05, 0.1) is 5.56 Å². The predicted molar refractivity (Wildman–Crippen MR) is 78.2 cm³/mol. The van der Waals surface area contributed by atoms with Gasteiger partial charge in [0.15, 0.2) is 0 Å². The fourth-order valence-electron chi connectivity index (χ4n) is 2.11. The highest BCUT2D eigenvalue weighted by Gasteiger charge is 2.24. The van der Waals surface area contributed by atoms with E-state index in [4.69, 9.17) is 5.11 Å². The molecule has 106 valence electrons. The van der Waals surface area contributed by atoms with Crippen molar-refractivity contribution in [1.29, 1.82) is 0 Å². The minimum absolute atomic E-state index is 0.195. The minimum atomic E-state index is -0.456. The Morgan fingerprint density at radius 3 is 3.10 bits per heavy atom. The molecule has 0 radical (unpaired) electrons. The van der Waals surface area contributed by atoms with E-state index in [1.54, 1.807) is 4.90 Å². The van der Waals surface area contributed by atoms with Crippen molar-refractivity contribution in [1.82, 2.24) is 4.90 Å². The maximum Gasteiger partial charge on any atom is 0.255 e. The van der Waals surface area contributed by atoms with Gasteiger partial charge in [-0.3, -0.25) is 4.79 Å². The lowest BCUT2D eigenvalue weighted by Crippen LogP contribution is -2.41. The van der Waals surface area contributed by atoms with Crippen molar-refractivity contribution in [3.8, 4) is 11.8 Å². The Balaban J connectivity index is 2.30. The molecule has 0 aromatic heterocycles. The van der Waals surface area contributed by atoms with Crippen LogP contribution < -0.4 is 0 Å². The van der Waals surface area contributed by atoms with Crippen molar-refractivity contribution in [2.75, 3.05) is 25.4 Å². The van der Waals surface area contributed by atoms with Gasteiger partial charge in [0.2, 0.25) is 0 Å². The van der Waals surface area contributed by atoms with Crippen LogP contribution in [0.2, 0.25) is 0 Å². The number of aliphatic hydroxyl groups excluding tert-OH is 1.